The third kappa shape index (κ3) is 10.9. The molecule has 0 aliphatic carbocycles. The number of halogens is 1. The molecule has 8 heteroatoms. The van der Waals surface area contributed by atoms with Crippen LogP contribution in [0, 0.1) is 0 Å². The number of thiol groups is 1. The van der Waals surface area contributed by atoms with Gasteiger partial charge in [0, 0.05) is 75.5 Å². The molecule has 0 saturated carbocycles. The fourth-order valence-electron chi connectivity index (χ4n) is 3.34. The molecule has 0 radical (unpaired) electrons. The Kier molecular flexibility index (Phi) is 18.6. The van der Waals surface area contributed by atoms with Crippen molar-refractivity contribution in [2.24, 2.45) is 0 Å². The van der Waals surface area contributed by atoms with Gasteiger partial charge in [0.25, 0.3) is 5.56 Å². The molecule has 37 heavy (non-hydrogen) atoms. The first-order chi connectivity index (χ1) is 18.0. The average molecular weight is 532 g/mol. The van der Waals surface area contributed by atoms with E-state index in [-0.39, 0.29) is 17.8 Å². The second-order valence-corrected chi connectivity index (χ2v) is 7.40. The molecule has 3 aromatic rings. The lowest BCUT2D eigenvalue weighted by atomic mass is 10.1. The summed E-state index contributed by atoms with van der Waals surface area (Å²) in [7, 11) is 0. The number of hydrogen-bond acceptors (Lipinski definition) is 5. The minimum atomic E-state index is -0.286. The molecule has 0 aromatic carbocycles. The number of imidazole rings is 1. The van der Waals surface area contributed by atoms with Crippen molar-refractivity contribution in [2.75, 3.05) is 13.2 Å². The van der Waals surface area contributed by atoms with Crippen molar-refractivity contribution in [3.05, 3.63) is 96.9 Å². The SMILES string of the molecule is C=CC(C)c1cnc2cc(-c3ccn(CCC(OCC)OCC)c(=O)c3)ccn12.C=CC=C.CC.FS. The maximum atomic E-state index is 12.6. The van der Waals surface area contributed by atoms with Crippen molar-refractivity contribution in [3.63, 3.8) is 0 Å². The molecular formula is C29H42FN3O3S. The van der Waals surface area contributed by atoms with Crippen molar-refractivity contribution >= 4 is 18.7 Å². The maximum Gasteiger partial charge on any atom is 0.251 e. The fraction of sp³-hybridized carbons (Fsp3) is 0.379. The van der Waals surface area contributed by atoms with E-state index in [1.807, 2.05) is 83.6 Å². The van der Waals surface area contributed by atoms with Crippen LogP contribution in [-0.4, -0.2) is 33.5 Å². The molecule has 3 heterocycles. The van der Waals surface area contributed by atoms with Crippen LogP contribution < -0.4 is 5.56 Å². The first kappa shape index (κ1) is 34.1. The van der Waals surface area contributed by atoms with Crippen LogP contribution in [0.1, 0.15) is 52.7 Å². The van der Waals surface area contributed by atoms with Gasteiger partial charge in [-0.3, -0.25) is 4.79 Å². The predicted molar refractivity (Wildman–Crippen MR) is 157 cm³/mol. The smallest absolute Gasteiger partial charge is 0.251 e. The van der Waals surface area contributed by atoms with Crippen LogP contribution in [0.5, 0.6) is 0 Å². The van der Waals surface area contributed by atoms with Gasteiger partial charge in [0.1, 0.15) is 5.65 Å². The zero-order valence-corrected chi connectivity index (χ0v) is 23.7. The first-order valence-electron chi connectivity index (χ1n) is 12.4. The Labute approximate surface area is 226 Å². The Hall–Kier alpha value is -2.94. The molecule has 0 saturated heterocycles. The number of fused-ring (bicyclic) bond motifs is 1. The zero-order chi connectivity index (χ0) is 28.2. The van der Waals surface area contributed by atoms with E-state index in [1.54, 1.807) is 22.8 Å². The summed E-state index contributed by atoms with van der Waals surface area (Å²) < 4.78 is 24.0. The quantitative estimate of drug-likeness (QED) is 0.121. The van der Waals surface area contributed by atoms with Gasteiger partial charge < -0.3 is 18.4 Å². The number of nitrogens with zero attached hydrogens (tertiary/aromatic N) is 3. The van der Waals surface area contributed by atoms with Crippen LogP contribution in [0.3, 0.4) is 0 Å². The Bertz CT molecular complexity index is 1120. The van der Waals surface area contributed by atoms with Gasteiger partial charge in [0.05, 0.1) is 0 Å². The summed E-state index contributed by atoms with van der Waals surface area (Å²) in [6.45, 7) is 22.3. The van der Waals surface area contributed by atoms with Gasteiger partial charge in [-0.05, 0) is 43.2 Å². The average Bonchev–Trinajstić information content (AvgIpc) is 3.38. The molecule has 6 nitrogen and oxygen atoms in total. The second kappa shape index (κ2) is 20.2. The van der Waals surface area contributed by atoms with E-state index in [0.717, 1.165) is 22.5 Å². The van der Waals surface area contributed by atoms with Gasteiger partial charge in [-0.2, -0.15) is 3.89 Å². The summed E-state index contributed by atoms with van der Waals surface area (Å²) in [5.41, 5.74) is 3.74. The van der Waals surface area contributed by atoms with Gasteiger partial charge in [-0.25, -0.2) is 4.98 Å². The minimum Gasteiger partial charge on any atom is -0.353 e. The molecule has 0 fully saturated rings. The number of hydrogen-bond donors (Lipinski definition) is 1. The Morgan fingerprint density at radius 3 is 2.11 bits per heavy atom. The molecule has 3 aromatic heterocycles. The number of pyridine rings is 2. The van der Waals surface area contributed by atoms with Crippen LogP contribution in [0.2, 0.25) is 0 Å². The number of ether oxygens (including phenoxy) is 2. The molecule has 0 N–H and O–H groups in total. The van der Waals surface area contributed by atoms with E-state index in [1.165, 1.54) is 0 Å². The molecule has 1 atom stereocenters. The normalized spacial score (nSPS) is 10.7. The van der Waals surface area contributed by atoms with Crippen molar-refractivity contribution in [1.82, 2.24) is 14.0 Å². The largest absolute Gasteiger partial charge is 0.353 e. The number of aromatic nitrogens is 3. The lowest BCUT2D eigenvalue weighted by Gasteiger charge is -2.17. The summed E-state index contributed by atoms with van der Waals surface area (Å²) in [6, 6.07) is 7.63. The lowest BCUT2D eigenvalue weighted by molar-refractivity contribution is -0.141. The molecule has 0 amide bonds. The number of allylic oxidation sites excluding steroid dienone is 3. The standard InChI is InChI=1S/C23H29N3O3.C4H6.C2H6.FHS/c1-5-17(4)20-16-24-21-14-18(9-13-26(20)21)19-8-11-25(22(27)15-19)12-10-23(28-6-2)29-7-3;1-3-4-2;2*1-2/h5,8-9,11,13-17,23H,1,6-7,10,12H2,2-4H3;3-4H,1-2H2;1-2H3;2H. The van der Waals surface area contributed by atoms with Crippen LogP contribution in [0.25, 0.3) is 16.8 Å². The van der Waals surface area contributed by atoms with Crippen molar-refractivity contribution < 1.29 is 13.4 Å². The van der Waals surface area contributed by atoms with Crippen molar-refractivity contribution in [1.29, 1.82) is 0 Å². The highest BCUT2D eigenvalue weighted by Crippen LogP contribution is 2.23. The molecule has 3 rings (SSSR count). The molecule has 1 unspecified atom stereocenters. The Morgan fingerprint density at radius 2 is 1.59 bits per heavy atom. The molecule has 0 spiro atoms. The van der Waals surface area contributed by atoms with Gasteiger partial charge in [-0.1, -0.05) is 52.2 Å². The Balaban J connectivity index is 0.00000145. The first-order valence-corrected chi connectivity index (χ1v) is 12.8. The summed E-state index contributed by atoms with van der Waals surface area (Å²) in [5, 5.41) is 0. The molecule has 0 aliphatic rings. The number of rotatable bonds is 11. The molecule has 0 aliphatic heterocycles. The molecule has 204 valence electrons. The van der Waals surface area contributed by atoms with E-state index < -0.39 is 0 Å². The van der Waals surface area contributed by atoms with Crippen molar-refractivity contribution in [2.45, 2.75) is 59.8 Å². The van der Waals surface area contributed by atoms with Crippen LogP contribution in [0.4, 0.5) is 3.89 Å². The van der Waals surface area contributed by atoms with Crippen molar-refractivity contribution in [3.8, 4) is 11.1 Å². The summed E-state index contributed by atoms with van der Waals surface area (Å²) in [5.74, 6) is 0.219. The van der Waals surface area contributed by atoms with E-state index >= 15 is 0 Å². The number of aryl methyl sites for hydroxylation is 1. The highest BCUT2D eigenvalue weighted by atomic mass is 32.1. The predicted octanol–water partition coefficient (Wildman–Crippen LogP) is 7.43. The van der Waals surface area contributed by atoms with Crippen LogP contribution >= 0.6 is 13.0 Å². The monoisotopic (exact) mass is 531 g/mol. The molecular weight excluding hydrogens is 489 g/mol. The third-order valence-electron chi connectivity index (χ3n) is 5.17. The summed E-state index contributed by atoms with van der Waals surface area (Å²) >= 11 is 2.03. The van der Waals surface area contributed by atoms with E-state index in [0.29, 0.717) is 26.2 Å². The van der Waals surface area contributed by atoms with Crippen LogP contribution in [0.15, 0.2) is 85.6 Å². The highest BCUT2D eigenvalue weighted by molar-refractivity contribution is 7.74. The Morgan fingerprint density at radius 1 is 1.03 bits per heavy atom. The van der Waals surface area contributed by atoms with E-state index in [2.05, 4.69) is 36.0 Å². The maximum absolute atomic E-state index is 12.6. The lowest BCUT2D eigenvalue weighted by Crippen LogP contribution is -2.24. The topological polar surface area (TPSA) is 57.8 Å². The van der Waals surface area contributed by atoms with E-state index in [9.17, 15) is 8.68 Å². The third-order valence-corrected chi connectivity index (χ3v) is 5.17. The van der Waals surface area contributed by atoms with Gasteiger partial charge >= 0.3 is 0 Å². The summed E-state index contributed by atoms with van der Waals surface area (Å²) in [6.07, 6.45) is 11.2. The van der Waals surface area contributed by atoms with Crippen LogP contribution in [-0.2, 0) is 16.0 Å². The van der Waals surface area contributed by atoms with E-state index in [4.69, 9.17) is 9.47 Å². The van der Waals surface area contributed by atoms with Gasteiger partial charge in [-0.15, -0.1) is 6.58 Å². The fourth-order valence-corrected chi connectivity index (χ4v) is 3.34. The zero-order valence-electron chi connectivity index (χ0n) is 22.8. The summed E-state index contributed by atoms with van der Waals surface area (Å²) in [4.78, 5) is 17.1. The van der Waals surface area contributed by atoms with Gasteiger partial charge in [0.15, 0.2) is 6.29 Å². The van der Waals surface area contributed by atoms with Gasteiger partial charge in [0.2, 0.25) is 0 Å². The second-order valence-electron chi connectivity index (χ2n) is 7.40. The highest BCUT2D eigenvalue weighted by Gasteiger charge is 2.11. The minimum absolute atomic E-state index is 0.0431. The molecule has 0 bridgehead atoms.